The second-order valence-electron chi connectivity index (χ2n) is 5.79. The highest BCUT2D eigenvalue weighted by Crippen LogP contribution is 2.20. The number of hydrogen-bond donors (Lipinski definition) is 1. The van der Waals surface area contributed by atoms with Gasteiger partial charge in [-0.3, -0.25) is 4.79 Å². The number of hydrogen-bond acceptors (Lipinski definition) is 4. The summed E-state index contributed by atoms with van der Waals surface area (Å²) in [6.07, 6.45) is 5.13. The minimum atomic E-state index is -0.844. The Bertz CT molecular complexity index is 683. The number of amides is 1. The first kappa shape index (κ1) is 16.3. The fourth-order valence-corrected chi connectivity index (χ4v) is 2.83. The zero-order valence-corrected chi connectivity index (χ0v) is 13.1. The summed E-state index contributed by atoms with van der Waals surface area (Å²) >= 11 is 0. The molecular formula is C17H18F2N4O. The Kier molecular flexibility index (Phi) is 4.98. The summed E-state index contributed by atoms with van der Waals surface area (Å²) in [7, 11) is 0. The number of nitrogens with zero attached hydrogens (tertiary/aromatic N) is 3. The summed E-state index contributed by atoms with van der Waals surface area (Å²) in [5.41, 5.74) is -0.521. The van der Waals surface area contributed by atoms with Gasteiger partial charge < -0.3 is 10.2 Å². The first-order valence-corrected chi connectivity index (χ1v) is 7.89. The van der Waals surface area contributed by atoms with Crippen molar-refractivity contribution in [2.24, 2.45) is 5.92 Å². The van der Waals surface area contributed by atoms with Gasteiger partial charge in [-0.15, -0.1) is 0 Å². The number of carbonyl (C=O) groups excluding carboxylic acids is 1. The molecule has 0 bridgehead atoms. The van der Waals surface area contributed by atoms with Crippen LogP contribution in [0.15, 0.2) is 36.7 Å². The van der Waals surface area contributed by atoms with Crippen molar-refractivity contribution < 1.29 is 13.6 Å². The van der Waals surface area contributed by atoms with E-state index >= 15 is 0 Å². The van der Waals surface area contributed by atoms with Crippen LogP contribution >= 0.6 is 0 Å². The van der Waals surface area contributed by atoms with Crippen LogP contribution in [0, 0.1) is 17.6 Å². The number of rotatable bonds is 4. The summed E-state index contributed by atoms with van der Waals surface area (Å²) < 4.78 is 27.2. The quantitative estimate of drug-likeness (QED) is 0.934. The Labute approximate surface area is 138 Å². The van der Waals surface area contributed by atoms with Gasteiger partial charge in [0.15, 0.2) is 0 Å². The molecule has 1 aliphatic rings. The smallest absolute Gasteiger partial charge is 0.257 e. The van der Waals surface area contributed by atoms with Crippen LogP contribution in [0.1, 0.15) is 23.2 Å². The Hall–Kier alpha value is -2.57. The van der Waals surface area contributed by atoms with Crippen LogP contribution in [-0.2, 0) is 0 Å². The zero-order chi connectivity index (χ0) is 16.9. The molecule has 0 saturated carbocycles. The van der Waals surface area contributed by atoms with Crippen LogP contribution in [0.3, 0.4) is 0 Å². The maximum atomic E-state index is 13.6. The molecule has 1 N–H and O–H groups in total. The van der Waals surface area contributed by atoms with Crippen molar-refractivity contribution in [3.05, 3.63) is 53.9 Å². The molecule has 2 aromatic rings. The number of carbonyl (C=O) groups is 1. The lowest BCUT2D eigenvalue weighted by Gasteiger charge is -2.31. The normalized spacial score (nSPS) is 15.3. The molecule has 7 heteroatoms. The van der Waals surface area contributed by atoms with E-state index in [1.165, 1.54) is 6.07 Å². The first-order chi connectivity index (χ1) is 11.6. The second kappa shape index (κ2) is 7.33. The van der Waals surface area contributed by atoms with Crippen molar-refractivity contribution in [1.82, 2.24) is 15.3 Å². The van der Waals surface area contributed by atoms with Crippen molar-refractivity contribution in [3.8, 4) is 0 Å². The predicted molar refractivity (Wildman–Crippen MR) is 85.7 cm³/mol. The molecule has 0 radical (unpaired) electrons. The number of aromatic nitrogens is 2. The Balaban J connectivity index is 1.51. The minimum Gasteiger partial charge on any atom is -0.352 e. The average molecular weight is 332 g/mol. The predicted octanol–water partition coefficient (Wildman–Crippen LogP) is 2.40. The lowest BCUT2D eigenvalue weighted by atomic mass is 9.97. The largest absolute Gasteiger partial charge is 0.352 e. The molecule has 5 nitrogen and oxygen atoms in total. The molecule has 24 heavy (non-hydrogen) atoms. The first-order valence-electron chi connectivity index (χ1n) is 7.89. The van der Waals surface area contributed by atoms with Gasteiger partial charge in [0, 0.05) is 32.0 Å². The summed E-state index contributed by atoms with van der Waals surface area (Å²) in [5, 5.41) is 2.64. The monoisotopic (exact) mass is 332 g/mol. The fraction of sp³-hybridized carbons (Fsp3) is 0.353. The molecule has 0 unspecified atom stereocenters. The molecule has 1 amide bonds. The third-order valence-electron chi connectivity index (χ3n) is 4.19. The van der Waals surface area contributed by atoms with Gasteiger partial charge in [-0.05, 0) is 37.0 Å². The highest BCUT2D eigenvalue weighted by molar-refractivity contribution is 5.94. The van der Waals surface area contributed by atoms with E-state index in [4.69, 9.17) is 0 Å². The Morgan fingerprint density at radius 1 is 1.12 bits per heavy atom. The molecule has 0 spiro atoms. The van der Waals surface area contributed by atoms with Crippen molar-refractivity contribution >= 4 is 11.9 Å². The van der Waals surface area contributed by atoms with E-state index in [2.05, 4.69) is 20.2 Å². The van der Waals surface area contributed by atoms with Crippen LogP contribution in [0.25, 0.3) is 0 Å². The van der Waals surface area contributed by atoms with Gasteiger partial charge in [0.25, 0.3) is 5.91 Å². The lowest BCUT2D eigenvalue weighted by molar-refractivity contribution is 0.0936. The fourth-order valence-electron chi connectivity index (χ4n) is 2.83. The zero-order valence-electron chi connectivity index (χ0n) is 13.1. The van der Waals surface area contributed by atoms with E-state index in [0.717, 1.165) is 38.1 Å². The van der Waals surface area contributed by atoms with E-state index in [1.54, 1.807) is 18.5 Å². The number of piperidine rings is 1. The summed E-state index contributed by atoms with van der Waals surface area (Å²) in [6.45, 7) is 1.98. The van der Waals surface area contributed by atoms with E-state index in [-0.39, 0.29) is 5.92 Å². The van der Waals surface area contributed by atoms with Gasteiger partial charge in [-0.25, -0.2) is 18.7 Å². The van der Waals surface area contributed by atoms with Gasteiger partial charge in [-0.2, -0.15) is 0 Å². The van der Waals surface area contributed by atoms with E-state index in [9.17, 15) is 13.6 Å². The van der Waals surface area contributed by atoms with Crippen molar-refractivity contribution in [3.63, 3.8) is 0 Å². The topological polar surface area (TPSA) is 58.1 Å². The van der Waals surface area contributed by atoms with Gasteiger partial charge in [0.2, 0.25) is 5.95 Å². The maximum Gasteiger partial charge on any atom is 0.257 e. The maximum absolute atomic E-state index is 13.6. The molecule has 1 fully saturated rings. The van der Waals surface area contributed by atoms with E-state index < -0.39 is 23.1 Å². The van der Waals surface area contributed by atoms with Gasteiger partial charge in [0.1, 0.15) is 17.2 Å². The van der Waals surface area contributed by atoms with Gasteiger partial charge >= 0.3 is 0 Å². The number of benzene rings is 1. The second-order valence-corrected chi connectivity index (χ2v) is 5.79. The van der Waals surface area contributed by atoms with E-state index in [1.807, 2.05) is 0 Å². The summed E-state index contributed by atoms with van der Waals surface area (Å²) in [4.78, 5) is 22.5. The van der Waals surface area contributed by atoms with Crippen molar-refractivity contribution in [1.29, 1.82) is 0 Å². The van der Waals surface area contributed by atoms with Crippen LogP contribution in [-0.4, -0.2) is 35.5 Å². The highest BCUT2D eigenvalue weighted by Gasteiger charge is 2.23. The van der Waals surface area contributed by atoms with Crippen LogP contribution in [0.2, 0.25) is 0 Å². The Morgan fingerprint density at radius 3 is 2.38 bits per heavy atom. The lowest BCUT2D eigenvalue weighted by Crippen LogP contribution is -2.39. The number of anilines is 1. The van der Waals surface area contributed by atoms with Crippen LogP contribution < -0.4 is 10.2 Å². The van der Waals surface area contributed by atoms with Crippen molar-refractivity contribution in [2.75, 3.05) is 24.5 Å². The Morgan fingerprint density at radius 2 is 1.75 bits per heavy atom. The standard InChI is InChI=1S/C17H18F2N4O/c18-13-3-1-4-14(19)15(13)16(24)22-11-12-5-9-23(10-6-12)17-20-7-2-8-21-17/h1-4,7-8,12H,5-6,9-11H2,(H,22,24). The molecule has 126 valence electrons. The number of nitrogens with one attached hydrogen (secondary N) is 1. The van der Waals surface area contributed by atoms with Crippen LogP contribution in [0.5, 0.6) is 0 Å². The minimum absolute atomic E-state index is 0.267. The molecule has 2 heterocycles. The molecule has 1 aromatic carbocycles. The average Bonchev–Trinajstić information content (AvgIpc) is 2.61. The van der Waals surface area contributed by atoms with E-state index in [0.29, 0.717) is 12.5 Å². The number of halogens is 2. The molecule has 0 atom stereocenters. The SMILES string of the molecule is O=C(NCC1CCN(c2ncccn2)CC1)c1c(F)cccc1F. The molecule has 3 rings (SSSR count). The summed E-state index contributed by atoms with van der Waals surface area (Å²) in [5.74, 6) is -1.43. The third kappa shape index (κ3) is 3.67. The van der Waals surface area contributed by atoms with Crippen LogP contribution in [0.4, 0.5) is 14.7 Å². The molecule has 1 aromatic heterocycles. The third-order valence-corrected chi connectivity index (χ3v) is 4.19. The van der Waals surface area contributed by atoms with Gasteiger partial charge in [-0.1, -0.05) is 6.07 Å². The van der Waals surface area contributed by atoms with Gasteiger partial charge in [0.05, 0.1) is 0 Å². The molecule has 0 aliphatic carbocycles. The molecular weight excluding hydrogens is 314 g/mol. The highest BCUT2D eigenvalue weighted by atomic mass is 19.1. The summed E-state index contributed by atoms with van der Waals surface area (Å²) in [6, 6.07) is 5.17. The van der Waals surface area contributed by atoms with Crippen molar-refractivity contribution in [2.45, 2.75) is 12.8 Å². The molecule has 1 aliphatic heterocycles. The molecule has 1 saturated heterocycles.